The Morgan fingerprint density at radius 1 is 0.931 bits per heavy atom. The van der Waals surface area contributed by atoms with Crippen LogP contribution in [-0.4, -0.2) is 69.1 Å². The maximum absolute atomic E-state index is 11.6. The van der Waals surface area contributed by atoms with Crippen LogP contribution in [0.15, 0.2) is 11.5 Å². The third kappa shape index (κ3) is 8.90. The zero-order valence-corrected chi connectivity index (χ0v) is 17.5. The molecule has 0 spiro atoms. The fourth-order valence-corrected chi connectivity index (χ4v) is 3.38. The van der Waals surface area contributed by atoms with E-state index in [1.54, 1.807) is 0 Å². The molecule has 1 heterocycles. The van der Waals surface area contributed by atoms with Gasteiger partial charge in [-0.25, -0.2) is 4.79 Å². The van der Waals surface area contributed by atoms with Crippen LogP contribution in [0.3, 0.4) is 0 Å². The van der Waals surface area contributed by atoms with E-state index in [1.807, 2.05) is 0 Å². The van der Waals surface area contributed by atoms with E-state index in [4.69, 9.17) is 14.6 Å². The van der Waals surface area contributed by atoms with Crippen molar-refractivity contribution in [1.82, 2.24) is 0 Å². The van der Waals surface area contributed by atoms with E-state index in [-0.39, 0.29) is 5.76 Å². The van der Waals surface area contributed by atoms with Crippen LogP contribution in [-0.2, 0) is 14.3 Å². The number of rotatable bonds is 17. The molecule has 29 heavy (non-hydrogen) atoms. The van der Waals surface area contributed by atoms with Crippen LogP contribution in [0.5, 0.6) is 0 Å². The van der Waals surface area contributed by atoms with Crippen LogP contribution in [0.25, 0.3) is 0 Å². The van der Waals surface area contributed by atoms with Gasteiger partial charge in [-0.2, -0.15) is 0 Å². The summed E-state index contributed by atoms with van der Waals surface area (Å²) < 4.78 is 10.4. The molecule has 0 amide bonds. The molecule has 0 saturated carbocycles. The molecule has 0 aromatic rings. The normalized spacial score (nSPS) is 19.9. The molecule has 8 heteroatoms. The van der Waals surface area contributed by atoms with E-state index in [2.05, 4.69) is 6.92 Å². The number of carbonyl (C=O) groups is 1. The summed E-state index contributed by atoms with van der Waals surface area (Å²) in [5.41, 5.74) is 0. The summed E-state index contributed by atoms with van der Waals surface area (Å²) in [5.74, 6) is -2.17. The molecule has 8 nitrogen and oxygen atoms in total. The van der Waals surface area contributed by atoms with Crippen molar-refractivity contribution in [3.05, 3.63) is 11.5 Å². The SMILES string of the molecule is CCCCCCCCCCCCC(OC1=C(O)C(=O)O[C@@H]1[C@@H](O)CO)C(O)CO. The number of esters is 1. The number of unbranched alkanes of at least 4 members (excludes halogenated alkanes) is 9. The minimum Gasteiger partial charge on any atom is -0.499 e. The Bertz CT molecular complexity index is 493. The Morgan fingerprint density at radius 3 is 2.00 bits per heavy atom. The third-order valence-electron chi connectivity index (χ3n) is 5.19. The van der Waals surface area contributed by atoms with E-state index in [0.29, 0.717) is 6.42 Å². The molecule has 170 valence electrons. The highest BCUT2D eigenvalue weighted by Crippen LogP contribution is 2.28. The average Bonchev–Trinajstić information content (AvgIpc) is 3.01. The molecule has 1 rings (SSSR count). The Morgan fingerprint density at radius 2 is 1.48 bits per heavy atom. The van der Waals surface area contributed by atoms with Crippen LogP contribution < -0.4 is 0 Å². The van der Waals surface area contributed by atoms with Crippen molar-refractivity contribution < 1.29 is 39.8 Å². The predicted octanol–water partition coefficient (Wildman–Crippen LogP) is 2.08. The molecule has 4 atom stereocenters. The van der Waals surface area contributed by atoms with Crippen LogP contribution in [0, 0.1) is 0 Å². The molecular weight excluding hydrogens is 380 g/mol. The third-order valence-corrected chi connectivity index (χ3v) is 5.19. The van der Waals surface area contributed by atoms with Crippen molar-refractivity contribution in [3.8, 4) is 0 Å². The lowest BCUT2D eigenvalue weighted by atomic mass is 10.0. The van der Waals surface area contributed by atoms with E-state index in [1.165, 1.54) is 38.5 Å². The summed E-state index contributed by atoms with van der Waals surface area (Å²) in [6, 6.07) is 0. The van der Waals surface area contributed by atoms with Crippen molar-refractivity contribution >= 4 is 5.97 Å². The summed E-state index contributed by atoms with van der Waals surface area (Å²) in [4.78, 5) is 11.6. The summed E-state index contributed by atoms with van der Waals surface area (Å²) in [6.07, 6.45) is 7.04. The largest absolute Gasteiger partial charge is 0.499 e. The lowest BCUT2D eigenvalue weighted by molar-refractivity contribution is -0.149. The molecule has 0 saturated heterocycles. The highest BCUT2D eigenvalue weighted by molar-refractivity contribution is 5.89. The number of carbonyl (C=O) groups excluding carboxylic acids is 1. The van der Waals surface area contributed by atoms with Gasteiger partial charge in [0.1, 0.15) is 18.3 Å². The monoisotopic (exact) mass is 418 g/mol. The Balaban J connectivity index is 2.43. The van der Waals surface area contributed by atoms with Gasteiger partial charge in [-0.05, 0) is 12.8 Å². The summed E-state index contributed by atoms with van der Waals surface area (Å²) in [7, 11) is 0. The first kappa shape index (κ1) is 25.7. The zero-order valence-electron chi connectivity index (χ0n) is 17.5. The predicted molar refractivity (Wildman–Crippen MR) is 107 cm³/mol. The smallest absolute Gasteiger partial charge is 0.378 e. The lowest BCUT2D eigenvalue weighted by Crippen LogP contribution is -2.37. The first-order valence-corrected chi connectivity index (χ1v) is 10.8. The number of aliphatic hydroxyl groups is 5. The molecule has 0 aromatic heterocycles. The molecule has 5 N–H and O–H groups in total. The van der Waals surface area contributed by atoms with Gasteiger partial charge in [0.25, 0.3) is 0 Å². The fourth-order valence-electron chi connectivity index (χ4n) is 3.38. The minimum absolute atomic E-state index is 0.318. The summed E-state index contributed by atoms with van der Waals surface area (Å²) in [6.45, 7) is 0.970. The van der Waals surface area contributed by atoms with Gasteiger partial charge in [0.15, 0.2) is 11.9 Å². The fraction of sp³-hybridized carbons (Fsp3) is 0.857. The molecule has 0 radical (unpaired) electrons. The molecule has 1 aliphatic rings. The van der Waals surface area contributed by atoms with Gasteiger partial charge in [-0.15, -0.1) is 0 Å². The standard InChI is InChI=1S/C21H38O8/c1-2-3-4-5-6-7-8-9-10-11-12-17(15(24)13-22)28-20-18(26)21(27)29-19(20)16(25)14-23/h15-17,19,22-26H,2-14H2,1H3/t15?,16-,17?,19+/m0/s1. The second kappa shape index (κ2) is 14.6. The molecule has 0 fully saturated rings. The van der Waals surface area contributed by atoms with Gasteiger partial charge >= 0.3 is 5.97 Å². The Labute approximate surface area is 173 Å². The van der Waals surface area contributed by atoms with Crippen LogP contribution in [0.4, 0.5) is 0 Å². The summed E-state index contributed by atoms with van der Waals surface area (Å²) in [5, 5.41) is 48.0. The van der Waals surface area contributed by atoms with Crippen LogP contribution in [0.1, 0.15) is 77.6 Å². The number of aliphatic hydroxyl groups excluding tert-OH is 5. The molecule has 2 unspecified atom stereocenters. The molecule has 0 bridgehead atoms. The van der Waals surface area contributed by atoms with Gasteiger partial charge in [0, 0.05) is 0 Å². The van der Waals surface area contributed by atoms with Gasteiger partial charge in [-0.3, -0.25) is 0 Å². The average molecular weight is 419 g/mol. The molecule has 1 aliphatic heterocycles. The highest BCUT2D eigenvalue weighted by atomic mass is 16.6. The van der Waals surface area contributed by atoms with Gasteiger partial charge in [-0.1, -0.05) is 64.7 Å². The van der Waals surface area contributed by atoms with Gasteiger partial charge in [0.2, 0.25) is 5.76 Å². The number of hydrogen-bond donors (Lipinski definition) is 5. The van der Waals surface area contributed by atoms with Crippen molar-refractivity contribution in [2.24, 2.45) is 0 Å². The number of cyclic esters (lactones) is 1. The second-order valence-corrected chi connectivity index (χ2v) is 7.67. The van der Waals surface area contributed by atoms with Crippen molar-refractivity contribution in [2.75, 3.05) is 13.2 Å². The van der Waals surface area contributed by atoms with Crippen LogP contribution >= 0.6 is 0 Å². The first-order valence-electron chi connectivity index (χ1n) is 10.8. The van der Waals surface area contributed by atoms with E-state index in [0.717, 1.165) is 25.7 Å². The van der Waals surface area contributed by atoms with Crippen molar-refractivity contribution in [3.63, 3.8) is 0 Å². The van der Waals surface area contributed by atoms with E-state index < -0.39 is 49.4 Å². The van der Waals surface area contributed by atoms with Crippen molar-refractivity contribution in [1.29, 1.82) is 0 Å². The van der Waals surface area contributed by atoms with Crippen molar-refractivity contribution in [2.45, 2.75) is 102 Å². The number of ether oxygens (including phenoxy) is 2. The minimum atomic E-state index is -1.46. The zero-order chi connectivity index (χ0) is 21.6. The van der Waals surface area contributed by atoms with Gasteiger partial charge in [0.05, 0.1) is 13.2 Å². The Kier molecular flexibility index (Phi) is 12.9. The quantitative estimate of drug-likeness (QED) is 0.179. The van der Waals surface area contributed by atoms with Crippen LogP contribution in [0.2, 0.25) is 0 Å². The van der Waals surface area contributed by atoms with E-state index in [9.17, 15) is 25.2 Å². The molecule has 0 aromatic carbocycles. The van der Waals surface area contributed by atoms with Gasteiger partial charge < -0.3 is 35.0 Å². The summed E-state index contributed by atoms with van der Waals surface area (Å²) >= 11 is 0. The maximum Gasteiger partial charge on any atom is 0.378 e. The number of hydrogen-bond acceptors (Lipinski definition) is 8. The Hall–Kier alpha value is -1.35. The maximum atomic E-state index is 11.6. The van der Waals surface area contributed by atoms with E-state index >= 15 is 0 Å². The highest BCUT2D eigenvalue weighted by Gasteiger charge is 2.42. The molecule has 0 aliphatic carbocycles. The topological polar surface area (TPSA) is 137 Å². The first-order chi connectivity index (χ1) is 14.0. The molecular formula is C21H38O8. The lowest BCUT2D eigenvalue weighted by Gasteiger charge is -2.26. The second-order valence-electron chi connectivity index (χ2n) is 7.67.